The van der Waals surface area contributed by atoms with Crippen molar-refractivity contribution < 1.29 is 40.8 Å². The fourth-order valence-electron chi connectivity index (χ4n) is 3.80. The van der Waals surface area contributed by atoms with E-state index >= 15 is 0 Å². The normalized spacial score (nSPS) is 41.2. The van der Waals surface area contributed by atoms with Crippen molar-refractivity contribution in [3.63, 3.8) is 0 Å². The molecule has 6 atom stereocenters. The molecule has 0 radical (unpaired) electrons. The Morgan fingerprint density at radius 2 is 2.05 bits per heavy atom. The standard InChI is InChI=1S/C11H12F2O7S/c1-3-4-2-5-6(3)9(14)19-8(5)7(4)20-10(15)11(12,13)21(16,17)18/h3-8H,2H2,1H3,(H,16,17,18). The Kier molecular flexibility index (Phi) is 2.88. The minimum atomic E-state index is -5.91. The van der Waals surface area contributed by atoms with Crippen LogP contribution in [0, 0.1) is 23.7 Å². The maximum absolute atomic E-state index is 13.2. The molecule has 6 unspecified atom stereocenters. The highest BCUT2D eigenvalue weighted by atomic mass is 32.2. The van der Waals surface area contributed by atoms with Gasteiger partial charge in [0, 0.05) is 11.8 Å². The van der Waals surface area contributed by atoms with Gasteiger partial charge >= 0.3 is 27.3 Å². The molecule has 0 aromatic heterocycles. The average molecular weight is 326 g/mol. The van der Waals surface area contributed by atoms with E-state index in [0.717, 1.165) is 0 Å². The summed E-state index contributed by atoms with van der Waals surface area (Å²) in [6.07, 6.45) is -1.42. The summed E-state index contributed by atoms with van der Waals surface area (Å²) in [5.41, 5.74) is 0. The van der Waals surface area contributed by atoms with Gasteiger partial charge in [0.15, 0.2) is 0 Å². The van der Waals surface area contributed by atoms with Crippen LogP contribution in [0.4, 0.5) is 8.78 Å². The van der Waals surface area contributed by atoms with Crippen molar-refractivity contribution in [2.24, 2.45) is 23.7 Å². The van der Waals surface area contributed by atoms with E-state index in [4.69, 9.17) is 9.29 Å². The zero-order valence-corrected chi connectivity index (χ0v) is 11.5. The molecule has 0 amide bonds. The van der Waals surface area contributed by atoms with E-state index in [-0.39, 0.29) is 23.7 Å². The molecule has 2 saturated carbocycles. The Morgan fingerprint density at radius 1 is 1.43 bits per heavy atom. The van der Waals surface area contributed by atoms with Crippen LogP contribution in [0.5, 0.6) is 0 Å². The second kappa shape index (κ2) is 4.13. The Hall–Kier alpha value is -1.29. The smallest absolute Gasteiger partial charge is 0.458 e. The highest BCUT2D eigenvalue weighted by molar-refractivity contribution is 7.87. The number of carbonyl (C=O) groups excluding carboxylic acids is 2. The minimum absolute atomic E-state index is 0.196. The lowest BCUT2D eigenvalue weighted by Crippen LogP contribution is -2.46. The molecule has 0 aromatic carbocycles. The van der Waals surface area contributed by atoms with Crippen LogP contribution >= 0.6 is 0 Å². The van der Waals surface area contributed by atoms with Gasteiger partial charge in [0.25, 0.3) is 0 Å². The second-order valence-electron chi connectivity index (χ2n) is 5.71. The summed E-state index contributed by atoms with van der Waals surface area (Å²) in [5.74, 6) is -3.85. The number of fused-ring (bicyclic) bond motifs is 1. The van der Waals surface area contributed by atoms with E-state index in [9.17, 15) is 26.8 Å². The predicted octanol–water partition coefficient (Wildman–Crippen LogP) is 0.206. The first-order valence-electron chi connectivity index (χ1n) is 6.32. The Balaban J connectivity index is 1.81. The van der Waals surface area contributed by atoms with E-state index in [0.29, 0.717) is 6.42 Å². The molecule has 7 nitrogen and oxygen atoms in total. The fraction of sp³-hybridized carbons (Fsp3) is 0.818. The molecule has 1 heterocycles. The van der Waals surface area contributed by atoms with Crippen molar-refractivity contribution in [2.45, 2.75) is 30.8 Å². The number of alkyl halides is 2. The maximum atomic E-state index is 13.2. The van der Waals surface area contributed by atoms with Crippen molar-refractivity contribution in [1.29, 1.82) is 0 Å². The van der Waals surface area contributed by atoms with Crippen LogP contribution in [0.15, 0.2) is 0 Å². The van der Waals surface area contributed by atoms with E-state index in [1.165, 1.54) is 0 Å². The van der Waals surface area contributed by atoms with E-state index in [1.807, 2.05) is 0 Å². The van der Waals surface area contributed by atoms with Gasteiger partial charge in [0.05, 0.1) is 5.92 Å². The molecule has 3 fully saturated rings. The zero-order valence-electron chi connectivity index (χ0n) is 10.7. The summed E-state index contributed by atoms with van der Waals surface area (Å²) in [6, 6.07) is 0. The average Bonchev–Trinajstić information content (AvgIpc) is 2.92. The van der Waals surface area contributed by atoms with Gasteiger partial charge in [-0.15, -0.1) is 0 Å². The molecule has 1 aliphatic heterocycles. The molecule has 0 spiro atoms. The van der Waals surface area contributed by atoms with Gasteiger partial charge in [-0.1, -0.05) is 6.92 Å². The van der Waals surface area contributed by atoms with Crippen molar-refractivity contribution in [3.05, 3.63) is 0 Å². The van der Waals surface area contributed by atoms with Gasteiger partial charge in [-0.25, -0.2) is 4.79 Å². The lowest BCUT2D eigenvalue weighted by molar-refractivity contribution is -0.177. The van der Waals surface area contributed by atoms with Gasteiger partial charge in [-0.3, -0.25) is 9.35 Å². The molecule has 118 valence electrons. The number of esters is 2. The number of hydrogen-bond acceptors (Lipinski definition) is 6. The molecule has 3 aliphatic rings. The van der Waals surface area contributed by atoms with Crippen LogP contribution in [-0.2, 0) is 29.2 Å². The van der Waals surface area contributed by atoms with Crippen LogP contribution in [0.1, 0.15) is 13.3 Å². The number of hydrogen-bond donors (Lipinski definition) is 1. The van der Waals surface area contributed by atoms with Crippen LogP contribution in [0.3, 0.4) is 0 Å². The third-order valence-corrected chi connectivity index (χ3v) is 5.56. The zero-order chi connectivity index (χ0) is 15.7. The summed E-state index contributed by atoms with van der Waals surface area (Å²) in [7, 11) is -5.91. The van der Waals surface area contributed by atoms with Gasteiger partial charge in [0.2, 0.25) is 0 Å². The molecule has 3 rings (SSSR count). The molecule has 1 N–H and O–H groups in total. The largest absolute Gasteiger partial charge is 0.465 e. The predicted molar refractivity (Wildman–Crippen MR) is 60.5 cm³/mol. The lowest BCUT2D eigenvalue weighted by atomic mass is 9.80. The van der Waals surface area contributed by atoms with Crippen molar-refractivity contribution >= 4 is 22.1 Å². The van der Waals surface area contributed by atoms with Gasteiger partial charge in [0.1, 0.15) is 12.2 Å². The van der Waals surface area contributed by atoms with Crippen LogP contribution in [0.25, 0.3) is 0 Å². The maximum Gasteiger partial charge on any atom is 0.465 e. The summed E-state index contributed by atoms with van der Waals surface area (Å²) in [4.78, 5) is 23.0. The first-order valence-corrected chi connectivity index (χ1v) is 7.76. The first-order chi connectivity index (χ1) is 9.55. The van der Waals surface area contributed by atoms with Gasteiger partial charge in [-0.05, 0) is 12.3 Å². The van der Waals surface area contributed by atoms with Crippen molar-refractivity contribution in [1.82, 2.24) is 0 Å². The highest BCUT2D eigenvalue weighted by Gasteiger charge is 2.67. The first kappa shape index (κ1) is 14.6. The molecule has 0 aromatic rings. The third kappa shape index (κ3) is 1.81. The molecular formula is C11H12F2O7S. The van der Waals surface area contributed by atoms with E-state index < -0.39 is 39.5 Å². The van der Waals surface area contributed by atoms with Crippen LogP contribution in [-0.4, -0.2) is 42.4 Å². The second-order valence-corrected chi connectivity index (χ2v) is 7.17. The summed E-state index contributed by atoms with van der Waals surface area (Å²) < 4.78 is 65.5. The fourth-order valence-corrected chi connectivity index (χ4v) is 4.06. The summed E-state index contributed by atoms with van der Waals surface area (Å²) in [6.45, 7) is 1.74. The molecular weight excluding hydrogens is 314 g/mol. The summed E-state index contributed by atoms with van der Waals surface area (Å²) >= 11 is 0. The Morgan fingerprint density at radius 3 is 2.62 bits per heavy atom. The van der Waals surface area contributed by atoms with Crippen molar-refractivity contribution in [2.75, 3.05) is 0 Å². The van der Waals surface area contributed by atoms with Crippen LogP contribution < -0.4 is 0 Å². The van der Waals surface area contributed by atoms with Gasteiger partial charge < -0.3 is 9.47 Å². The minimum Gasteiger partial charge on any atom is -0.458 e. The molecule has 1 saturated heterocycles. The van der Waals surface area contributed by atoms with E-state index in [2.05, 4.69) is 4.74 Å². The molecule has 21 heavy (non-hydrogen) atoms. The molecule has 10 heteroatoms. The Bertz CT molecular complexity index is 616. The van der Waals surface area contributed by atoms with Crippen LogP contribution in [0.2, 0.25) is 0 Å². The highest BCUT2D eigenvalue weighted by Crippen LogP contribution is 2.58. The molecule has 2 bridgehead atoms. The van der Waals surface area contributed by atoms with Crippen molar-refractivity contribution in [3.8, 4) is 0 Å². The number of carbonyl (C=O) groups is 2. The number of rotatable bonds is 3. The third-order valence-electron chi connectivity index (χ3n) is 4.74. The van der Waals surface area contributed by atoms with Gasteiger partial charge in [-0.2, -0.15) is 17.2 Å². The summed E-state index contributed by atoms with van der Waals surface area (Å²) in [5, 5.41) is -5.04. The monoisotopic (exact) mass is 326 g/mol. The number of ether oxygens (including phenoxy) is 2. The number of halogens is 2. The van der Waals surface area contributed by atoms with E-state index in [1.54, 1.807) is 6.92 Å². The topological polar surface area (TPSA) is 107 Å². The SMILES string of the molecule is CC1C2CC3C(OC(=O)C13)C2OC(=O)C(F)(F)S(=O)(=O)O. The quantitative estimate of drug-likeness (QED) is 0.583. The molecule has 2 aliphatic carbocycles. The lowest BCUT2D eigenvalue weighted by Gasteiger charge is -2.29. The Labute approximate surface area is 118 Å².